The summed E-state index contributed by atoms with van der Waals surface area (Å²) in [6.07, 6.45) is 0. The summed E-state index contributed by atoms with van der Waals surface area (Å²) in [4.78, 5) is 23.7. The Balaban J connectivity index is 1.72. The van der Waals surface area contributed by atoms with Crippen LogP contribution in [0.15, 0.2) is 54.6 Å². The monoisotopic (exact) mass is 325 g/mol. The van der Waals surface area contributed by atoms with Gasteiger partial charge < -0.3 is 16.0 Å². The highest BCUT2D eigenvalue weighted by molar-refractivity contribution is 5.84. The maximum Gasteiger partial charge on any atom is 0.315 e. The van der Waals surface area contributed by atoms with Crippen LogP contribution >= 0.6 is 0 Å². The van der Waals surface area contributed by atoms with Crippen LogP contribution in [0.2, 0.25) is 0 Å². The molecule has 5 heteroatoms. The van der Waals surface area contributed by atoms with Crippen molar-refractivity contribution >= 4 is 11.9 Å². The fourth-order valence-electron chi connectivity index (χ4n) is 2.44. The zero-order chi connectivity index (χ0) is 17.4. The van der Waals surface area contributed by atoms with Gasteiger partial charge in [0.05, 0.1) is 12.6 Å². The van der Waals surface area contributed by atoms with E-state index in [0.717, 1.165) is 16.7 Å². The van der Waals surface area contributed by atoms with Crippen molar-refractivity contribution in [3.8, 4) is 0 Å². The summed E-state index contributed by atoms with van der Waals surface area (Å²) in [5, 5.41) is 8.17. The van der Waals surface area contributed by atoms with Crippen molar-refractivity contribution in [2.24, 2.45) is 0 Å². The van der Waals surface area contributed by atoms with Crippen LogP contribution in [-0.2, 0) is 11.3 Å². The predicted octanol–water partition coefficient (Wildman–Crippen LogP) is 2.67. The van der Waals surface area contributed by atoms with E-state index in [4.69, 9.17) is 0 Å². The van der Waals surface area contributed by atoms with Crippen molar-refractivity contribution in [3.05, 3.63) is 71.3 Å². The Morgan fingerprint density at radius 2 is 1.62 bits per heavy atom. The van der Waals surface area contributed by atoms with Crippen LogP contribution in [0.1, 0.15) is 29.7 Å². The SMILES string of the molecule is Cc1ccccc1[C@H](C)NC(=O)CNC(=O)NCc1ccccc1. The smallest absolute Gasteiger partial charge is 0.315 e. The molecular formula is C19H23N3O2. The van der Waals surface area contributed by atoms with Crippen molar-refractivity contribution < 1.29 is 9.59 Å². The lowest BCUT2D eigenvalue weighted by atomic mass is 10.0. The number of aryl methyl sites for hydroxylation is 1. The molecular weight excluding hydrogens is 302 g/mol. The van der Waals surface area contributed by atoms with Crippen molar-refractivity contribution in [1.82, 2.24) is 16.0 Å². The average molecular weight is 325 g/mol. The second kappa shape index (κ2) is 8.72. The molecule has 24 heavy (non-hydrogen) atoms. The first-order chi connectivity index (χ1) is 11.6. The predicted molar refractivity (Wildman–Crippen MR) is 94.4 cm³/mol. The first-order valence-electron chi connectivity index (χ1n) is 7.97. The second-order valence-corrected chi connectivity index (χ2v) is 5.67. The van der Waals surface area contributed by atoms with E-state index in [-0.39, 0.29) is 24.5 Å². The van der Waals surface area contributed by atoms with Gasteiger partial charge in [-0.3, -0.25) is 4.79 Å². The summed E-state index contributed by atoms with van der Waals surface area (Å²) in [5.41, 5.74) is 3.20. The molecule has 5 nitrogen and oxygen atoms in total. The molecule has 0 fully saturated rings. The number of hydrogen-bond donors (Lipinski definition) is 3. The van der Waals surface area contributed by atoms with Crippen LogP contribution < -0.4 is 16.0 Å². The second-order valence-electron chi connectivity index (χ2n) is 5.67. The normalized spacial score (nSPS) is 11.4. The lowest BCUT2D eigenvalue weighted by Gasteiger charge is -2.17. The zero-order valence-corrected chi connectivity index (χ0v) is 14.0. The van der Waals surface area contributed by atoms with Gasteiger partial charge >= 0.3 is 6.03 Å². The molecule has 126 valence electrons. The summed E-state index contributed by atoms with van der Waals surface area (Å²) in [7, 11) is 0. The molecule has 0 saturated carbocycles. The van der Waals surface area contributed by atoms with E-state index >= 15 is 0 Å². The molecule has 0 aliphatic carbocycles. The Kier molecular flexibility index (Phi) is 6.37. The van der Waals surface area contributed by atoms with Crippen LogP contribution in [-0.4, -0.2) is 18.5 Å². The van der Waals surface area contributed by atoms with Crippen molar-refractivity contribution in [1.29, 1.82) is 0 Å². The number of carbonyl (C=O) groups is 2. The van der Waals surface area contributed by atoms with Gasteiger partial charge in [0.25, 0.3) is 0 Å². The number of nitrogens with one attached hydrogen (secondary N) is 3. The van der Waals surface area contributed by atoms with Crippen molar-refractivity contribution in [3.63, 3.8) is 0 Å². The lowest BCUT2D eigenvalue weighted by molar-refractivity contribution is -0.120. The zero-order valence-electron chi connectivity index (χ0n) is 14.0. The number of amides is 3. The molecule has 2 rings (SSSR count). The Morgan fingerprint density at radius 3 is 2.33 bits per heavy atom. The first-order valence-corrected chi connectivity index (χ1v) is 7.97. The van der Waals surface area contributed by atoms with Crippen LogP contribution in [0.3, 0.4) is 0 Å². The molecule has 0 aliphatic heterocycles. The summed E-state index contributed by atoms with van der Waals surface area (Å²) >= 11 is 0. The van der Waals surface area contributed by atoms with Gasteiger partial charge in [-0.25, -0.2) is 4.79 Å². The van der Waals surface area contributed by atoms with Crippen LogP contribution in [0, 0.1) is 6.92 Å². The minimum Gasteiger partial charge on any atom is -0.348 e. The van der Waals surface area contributed by atoms with E-state index in [1.165, 1.54) is 0 Å². The molecule has 2 aromatic rings. The quantitative estimate of drug-likeness (QED) is 0.764. The van der Waals surface area contributed by atoms with Gasteiger partial charge in [0, 0.05) is 6.54 Å². The molecule has 1 atom stereocenters. The highest BCUT2D eigenvalue weighted by atomic mass is 16.2. The van der Waals surface area contributed by atoms with Gasteiger partial charge in [0.15, 0.2) is 0 Å². The van der Waals surface area contributed by atoms with Gasteiger partial charge in [-0.15, -0.1) is 0 Å². The van der Waals surface area contributed by atoms with Crippen molar-refractivity contribution in [2.45, 2.75) is 26.4 Å². The van der Waals surface area contributed by atoms with Crippen molar-refractivity contribution in [2.75, 3.05) is 6.54 Å². The third-order valence-electron chi connectivity index (χ3n) is 3.74. The Labute approximate surface area is 142 Å². The number of carbonyl (C=O) groups excluding carboxylic acids is 2. The minimum absolute atomic E-state index is 0.0587. The number of benzene rings is 2. The average Bonchev–Trinajstić information content (AvgIpc) is 2.59. The van der Waals surface area contributed by atoms with Gasteiger partial charge in [0.2, 0.25) is 5.91 Å². The fourth-order valence-corrected chi connectivity index (χ4v) is 2.44. The number of hydrogen-bond acceptors (Lipinski definition) is 2. The van der Waals surface area contributed by atoms with Crippen LogP contribution in [0.25, 0.3) is 0 Å². The molecule has 0 radical (unpaired) electrons. The largest absolute Gasteiger partial charge is 0.348 e. The topological polar surface area (TPSA) is 70.2 Å². The van der Waals surface area contributed by atoms with Gasteiger partial charge in [0.1, 0.15) is 0 Å². The molecule has 3 amide bonds. The van der Waals surface area contributed by atoms with E-state index in [0.29, 0.717) is 6.54 Å². The fraction of sp³-hybridized carbons (Fsp3) is 0.263. The third kappa shape index (κ3) is 5.43. The van der Waals surface area contributed by atoms with Gasteiger partial charge in [-0.05, 0) is 30.5 Å². The highest BCUT2D eigenvalue weighted by Gasteiger charge is 2.12. The Bertz CT molecular complexity index is 686. The minimum atomic E-state index is -0.363. The molecule has 0 aliphatic rings. The standard InChI is InChI=1S/C19H23N3O2/c1-14-8-6-7-11-17(14)15(2)22-18(23)13-21-19(24)20-12-16-9-4-3-5-10-16/h3-11,15H,12-13H2,1-2H3,(H,22,23)(H2,20,21,24)/t15-/m0/s1. The Morgan fingerprint density at radius 1 is 0.958 bits per heavy atom. The molecule has 0 saturated heterocycles. The maximum atomic E-state index is 12.0. The molecule has 0 heterocycles. The molecule has 0 aromatic heterocycles. The first kappa shape index (κ1) is 17.5. The van der Waals surface area contributed by atoms with Gasteiger partial charge in [-0.2, -0.15) is 0 Å². The summed E-state index contributed by atoms with van der Waals surface area (Å²) < 4.78 is 0. The number of rotatable bonds is 6. The highest BCUT2D eigenvalue weighted by Crippen LogP contribution is 2.16. The molecule has 0 unspecified atom stereocenters. The van der Waals surface area contributed by atoms with Gasteiger partial charge in [-0.1, -0.05) is 54.6 Å². The molecule has 0 spiro atoms. The molecule has 3 N–H and O–H groups in total. The maximum absolute atomic E-state index is 12.0. The summed E-state index contributed by atoms with van der Waals surface area (Å²) in [6.45, 7) is 4.30. The summed E-state index contributed by atoms with van der Waals surface area (Å²) in [5.74, 6) is -0.222. The van der Waals surface area contributed by atoms with E-state index in [1.807, 2.05) is 68.4 Å². The summed E-state index contributed by atoms with van der Waals surface area (Å²) in [6, 6.07) is 17.0. The van der Waals surface area contributed by atoms with E-state index in [2.05, 4.69) is 16.0 Å². The molecule has 0 bridgehead atoms. The lowest BCUT2D eigenvalue weighted by Crippen LogP contribution is -2.42. The third-order valence-corrected chi connectivity index (χ3v) is 3.74. The van der Waals surface area contributed by atoms with E-state index in [9.17, 15) is 9.59 Å². The van der Waals surface area contributed by atoms with Crippen LogP contribution in [0.5, 0.6) is 0 Å². The molecule has 2 aromatic carbocycles. The van der Waals surface area contributed by atoms with E-state index in [1.54, 1.807) is 0 Å². The number of urea groups is 1. The van der Waals surface area contributed by atoms with Crippen LogP contribution in [0.4, 0.5) is 4.79 Å². The Hall–Kier alpha value is -2.82. The van der Waals surface area contributed by atoms with E-state index < -0.39 is 0 Å².